The largest absolute Gasteiger partial charge is 0.486 e. The van der Waals surface area contributed by atoms with Crippen molar-refractivity contribution in [3.8, 4) is 5.75 Å². The lowest BCUT2D eigenvalue weighted by molar-refractivity contribution is -0.146. The third-order valence-electron chi connectivity index (χ3n) is 6.70. The van der Waals surface area contributed by atoms with Crippen molar-refractivity contribution in [2.75, 3.05) is 19.6 Å². The highest BCUT2D eigenvalue weighted by atomic mass is 16.5. The third kappa shape index (κ3) is 3.95. The molecule has 2 saturated heterocycles. The van der Waals surface area contributed by atoms with Crippen LogP contribution in [0.5, 0.6) is 5.75 Å². The fourth-order valence-corrected chi connectivity index (χ4v) is 4.90. The van der Waals surface area contributed by atoms with Crippen molar-refractivity contribution in [1.82, 2.24) is 9.80 Å². The molecule has 1 aromatic rings. The van der Waals surface area contributed by atoms with Gasteiger partial charge in [-0.1, -0.05) is 11.6 Å². The van der Waals surface area contributed by atoms with Crippen LogP contribution in [0.15, 0.2) is 18.2 Å². The number of aryl methyl sites for hydroxylation is 1. The van der Waals surface area contributed by atoms with Crippen LogP contribution in [0.25, 0.3) is 0 Å². The molecule has 1 aromatic carbocycles. The van der Waals surface area contributed by atoms with Crippen LogP contribution < -0.4 is 4.74 Å². The van der Waals surface area contributed by atoms with Crippen LogP contribution in [-0.2, 0) is 9.59 Å². The van der Waals surface area contributed by atoms with E-state index in [1.54, 1.807) is 16.7 Å². The van der Waals surface area contributed by atoms with Gasteiger partial charge in [0.15, 0.2) is 5.78 Å². The maximum atomic E-state index is 13.0. The van der Waals surface area contributed by atoms with E-state index in [1.165, 1.54) is 0 Å². The zero-order chi connectivity index (χ0) is 21.5. The summed E-state index contributed by atoms with van der Waals surface area (Å²) in [6, 6.07) is 5.02. The number of likely N-dealkylation sites (tertiary alicyclic amines) is 2. The average Bonchev–Trinajstić information content (AvgIpc) is 2.87. The second-order valence-electron chi connectivity index (χ2n) is 8.98. The predicted molar refractivity (Wildman–Crippen MR) is 110 cm³/mol. The van der Waals surface area contributed by atoms with Crippen LogP contribution in [-0.4, -0.2) is 69.9 Å². The molecule has 1 spiro atoms. The van der Waals surface area contributed by atoms with Gasteiger partial charge in [0, 0.05) is 32.5 Å². The highest BCUT2D eigenvalue weighted by Crippen LogP contribution is 2.40. The number of Topliss-reactive ketones (excluding diaryl/α,β-unsaturated/α-hetero) is 1. The Morgan fingerprint density at radius 2 is 2.07 bits per heavy atom. The van der Waals surface area contributed by atoms with E-state index >= 15 is 0 Å². The third-order valence-corrected chi connectivity index (χ3v) is 6.70. The van der Waals surface area contributed by atoms with E-state index in [2.05, 4.69) is 0 Å². The van der Waals surface area contributed by atoms with E-state index in [-0.39, 0.29) is 30.4 Å². The molecule has 0 saturated carbocycles. The summed E-state index contributed by atoms with van der Waals surface area (Å²) >= 11 is 0. The second-order valence-corrected chi connectivity index (χ2v) is 8.98. The van der Waals surface area contributed by atoms with E-state index < -0.39 is 17.7 Å². The lowest BCUT2D eigenvalue weighted by atomic mass is 9.84. The monoisotopic (exact) mass is 414 g/mol. The standard InChI is InChI=1S/C23H30N2O5/c1-15-5-6-20-18(12-15)19(27)13-23(30-20)8-7-21(28)25(11-9-23)16(2)22(29)24-10-3-4-17(26)14-24/h5-6,12,16-17,26H,3-4,7-11,13-14H2,1-2H3/t16-,17+,23+/m0/s1. The zero-order valence-electron chi connectivity index (χ0n) is 17.7. The topological polar surface area (TPSA) is 87.2 Å². The minimum absolute atomic E-state index is 0.0484. The fraction of sp³-hybridized carbons (Fsp3) is 0.609. The van der Waals surface area contributed by atoms with Gasteiger partial charge in [0.2, 0.25) is 11.8 Å². The van der Waals surface area contributed by atoms with Crippen LogP contribution in [0.3, 0.4) is 0 Å². The number of carbonyl (C=O) groups excluding carboxylic acids is 3. The summed E-state index contributed by atoms with van der Waals surface area (Å²) in [5, 5.41) is 9.88. The molecule has 0 aliphatic carbocycles. The number of benzene rings is 1. The molecule has 3 aliphatic heterocycles. The van der Waals surface area contributed by atoms with Crippen LogP contribution in [0.4, 0.5) is 0 Å². The van der Waals surface area contributed by atoms with Crippen molar-refractivity contribution in [1.29, 1.82) is 0 Å². The van der Waals surface area contributed by atoms with Crippen molar-refractivity contribution in [2.45, 2.75) is 70.1 Å². The number of ketones is 1. The number of aliphatic hydroxyl groups excluding tert-OH is 1. The first kappa shape index (κ1) is 20.8. The van der Waals surface area contributed by atoms with Gasteiger partial charge in [-0.3, -0.25) is 14.4 Å². The Bertz CT molecular complexity index is 869. The Labute approximate surface area is 177 Å². The van der Waals surface area contributed by atoms with E-state index in [0.29, 0.717) is 50.2 Å². The van der Waals surface area contributed by atoms with Gasteiger partial charge in [0.25, 0.3) is 0 Å². The Morgan fingerprint density at radius 1 is 1.27 bits per heavy atom. The minimum Gasteiger partial charge on any atom is -0.486 e. The second kappa shape index (κ2) is 8.02. The number of piperidine rings is 1. The zero-order valence-corrected chi connectivity index (χ0v) is 17.7. The number of hydrogen-bond donors (Lipinski definition) is 1. The quantitative estimate of drug-likeness (QED) is 0.801. The van der Waals surface area contributed by atoms with Crippen molar-refractivity contribution in [3.05, 3.63) is 29.3 Å². The number of nitrogens with zero attached hydrogens (tertiary/aromatic N) is 2. The highest BCUT2D eigenvalue weighted by Gasteiger charge is 2.44. The van der Waals surface area contributed by atoms with Gasteiger partial charge in [-0.05, 0) is 45.2 Å². The van der Waals surface area contributed by atoms with Gasteiger partial charge in [-0.25, -0.2) is 0 Å². The molecule has 3 atom stereocenters. The number of rotatable bonds is 2. The molecule has 0 aromatic heterocycles. The minimum atomic E-state index is -0.701. The number of amides is 2. The Morgan fingerprint density at radius 3 is 2.83 bits per heavy atom. The molecular weight excluding hydrogens is 384 g/mol. The maximum absolute atomic E-state index is 13.0. The molecule has 2 fully saturated rings. The molecule has 3 aliphatic rings. The number of fused-ring (bicyclic) bond motifs is 1. The first-order chi connectivity index (χ1) is 14.3. The molecule has 3 heterocycles. The van der Waals surface area contributed by atoms with Gasteiger partial charge in [-0.2, -0.15) is 0 Å². The molecule has 30 heavy (non-hydrogen) atoms. The first-order valence-electron chi connectivity index (χ1n) is 10.9. The molecule has 7 nitrogen and oxygen atoms in total. The molecule has 4 rings (SSSR count). The number of β-amino-alcohol motifs (C(OH)–C–C–N with tert-alkyl or cyclic N) is 1. The van der Waals surface area contributed by atoms with Gasteiger partial charge in [0.05, 0.1) is 18.1 Å². The summed E-state index contributed by atoms with van der Waals surface area (Å²) in [5.74, 6) is 0.423. The Kier molecular flexibility index (Phi) is 5.57. The van der Waals surface area contributed by atoms with E-state index in [9.17, 15) is 19.5 Å². The molecule has 162 valence electrons. The van der Waals surface area contributed by atoms with Crippen molar-refractivity contribution in [3.63, 3.8) is 0 Å². The summed E-state index contributed by atoms with van der Waals surface area (Å²) in [5.41, 5.74) is 0.924. The molecule has 1 N–H and O–H groups in total. The molecule has 2 amide bonds. The number of aliphatic hydroxyl groups is 1. The molecular formula is C23H30N2O5. The van der Waals surface area contributed by atoms with Gasteiger partial charge in [0.1, 0.15) is 17.4 Å². The fourth-order valence-electron chi connectivity index (χ4n) is 4.90. The Balaban J connectivity index is 1.48. The van der Waals surface area contributed by atoms with Crippen LogP contribution in [0, 0.1) is 6.92 Å². The number of hydrogen-bond acceptors (Lipinski definition) is 5. The van der Waals surface area contributed by atoms with E-state index in [1.807, 2.05) is 25.1 Å². The van der Waals surface area contributed by atoms with Crippen molar-refractivity contribution >= 4 is 17.6 Å². The smallest absolute Gasteiger partial charge is 0.245 e. The van der Waals surface area contributed by atoms with E-state index in [0.717, 1.165) is 12.0 Å². The summed E-state index contributed by atoms with van der Waals surface area (Å²) in [6.07, 6.45) is 2.45. The van der Waals surface area contributed by atoms with Crippen molar-refractivity contribution < 1.29 is 24.2 Å². The van der Waals surface area contributed by atoms with Crippen molar-refractivity contribution in [2.24, 2.45) is 0 Å². The first-order valence-corrected chi connectivity index (χ1v) is 10.9. The average molecular weight is 415 g/mol. The van der Waals surface area contributed by atoms with Gasteiger partial charge >= 0.3 is 0 Å². The van der Waals surface area contributed by atoms with E-state index in [4.69, 9.17) is 4.74 Å². The summed E-state index contributed by atoms with van der Waals surface area (Å²) in [7, 11) is 0. The number of carbonyl (C=O) groups is 3. The predicted octanol–water partition coefficient (Wildman–Crippen LogP) is 2.08. The molecule has 0 unspecified atom stereocenters. The maximum Gasteiger partial charge on any atom is 0.245 e. The van der Waals surface area contributed by atoms with Crippen LogP contribution in [0.2, 0.25) is 0 Å². The van der Waals surface area contributed by atoms with Gasteiger partial charge < -0.3 is 19.6 Å². The molecule has 0 radical (unpaired) electrons. The summed E-state index contributed by atoms with van der Waals surface area (Å²) < 4.78 is 6.30. The molecule has 7 heteroatoms. The van der Waals surface area contributed by atoms with Crippen LogP contribution >= 0.6 is 0 Å². The lowest BCUT2D eigenvalue weighted by Gasteiger charge is -2.38. The summed E-state index contributed by atoms with van der Waals surface area (Å²) in [4.78, 5) is 41.9. The Hall–Kier alpha value is -2.41. The lowest BCUT2D eigenvalue weighted by Crippen LogP contribution is -2.52. The normalized spacial score (nSPS) is 28.0. The summed E-state index contributed by atoms with van der Waals surface area (Å²) in [6.45, 7) is 5.00. The van der Waals surface area contributed by atoms with Crippen LogP contribution in [0.1, 0.15) is 61.4 Å². The SMILES string of the molecule is Cc1ccc2c(c1)C(=O)C[C@]1(CCC(=O)N([C@@H](C)C(=O)N3CCC[C@@H](O)C3)CC1)O2. The number of ether oxygens (including phenoxy) is 1. The van der Waals surface area contributed by atoms with Gasteiger partial charge in [-0.15, -0.1) is 0 Å². The highest BCUT2D eigenvalue weighted by molar-refractivity contribution is 6.00. The molecule has 0 bridgehead atoms.